The first-order chi connectivity index (χ1) is 7.70. The van der Waals surface area contributed by atoms with Crippen molar-refractivity contribution in [2.24, 2.45) is 5.73 Å². The molecule has 16 heavy (non-hydrogen) atoms. The van der Waals surface area contributed by atoms with Crippen LogP contribution < -0.4 is 5.73 Å². The number of aromatic nitrogens is 1. The lowest BCUT2D eigenvalue weighted by Crippen LogP contribution is -1.94. The average molecular weight is 219 g/mol. The Morgan fingerprint density at radius 3 is 2.56 bits per heavy atom. The standard InChI is InChI=1S/C10H9N3O3/c11-6-8-5-10(16-12-8)7-1-3-9(4-2-7)13(14)15/h1-5H,6,11H2. The van der Waals surface area contributed by atoms with E-state index >= 15 is 0 Å². The van der Waals surface area contributed by atoms with E-state index in [0.29, 0.717) is 18.0 Å². The Balaban J connectivity index is 2.30. The molecule has 2 rings (SSSR count). The molecule has 0 aliphatic rings. The molecule has 0 aliphatic carbocycles. The van der Waals surface area contributed by atoms with Crippen LogP contribution in [0.5, 0.6) is 0 Å². The highest BCUT2D eigenvalue weighted by atomic mass is 16.6. The topological polar surface area (TPSA) is 95.2 Å². The molecule has 0 unspecified atom stereocenters. The van der Waals surface area contributed by atoms with Crippen molar-refractivity contribution >= 4 is 5.69 Å². The molecule has 0 fully saturated rings. The molecular weight excluding hydrogens is 210 g/mol. The van der Waals surface area contributed by atoms with E-state index < -0.39 is 4.92 Å². The summed E-state index contributed by atoms with van der Waals surface area (Å²) in [6.45, 7) is 0.302. The van der Waals surface area contributed by atoms with E-state index in [1.807, 2.05) is 0 Å². The number of hydrogen-bond donors (Lipinski definition) is 1. The maximum absolute atomic E-state index is 10.5. The molecule has 6 heteroatoms. The van der Waals surface area contributed by atoms with Crippen LogP contribution in [0, 0.1) is 10.1 Å². The van der Waals surface area contributed by atoms with Gasteiger partial charge in [0.2, 0.25) is 0 Å². The van der Waals surface area contributed by atoms with Crippen LogP contribution in [-0.2, 0) is 6.54 Å². The molecule has 0 saturated carbocycles. The van der Waals surface area contributed by atoms with Crippen LogP contribution in [-0.4, -0.2) is 10.1 Å². The largest absolute Gasteiger partial charge is 0.356 e. The van der Waals surface area contributed by atoms with E-state index in [1.54, 1.807) is 18.2 Å². The smallest absolute Gasteiger partial charge is 0.269 e. The number of rotatable bonds is 3. The Labute approximate surface area is 90.8 Å². The molecular formula is C10H9N3O3. The van der Waals surface area contributed by atoms with Crippen LogP contribution in [0.3, 0.4) is 0 Å². The predicted octanol–water partition coefficient (Wildman–Crippen LogP) is 1.71. The molecule has 0 aliphatic heterocycles. The quantitative estimate of drug-likeness (QED) is 0.626. The zero-order valence-corrected chi connectivity index (χ0v) is 8.29. The number of hydrogen-bond acceptors (Lipinski definition) is 5. The number of benzene rings is 1. The second-order valence-corrected chi connectivity index (χ2v) is 3.19. The zero-order chi connectivity index (χ0) is 11.5. The number of nitro benzene ring substituents is 1. The third-order valence-electron chi connectivity index (χ3n) is 2.13. The normalized spacial score (nSPS) is 10.3. The molecule has 1 aromatic heterocycles. The summed E-state index contributed by atoms with van der Waals surface area (Å²) >= 11 is 0. The molecule has 0 amide bonds. The van der Waals surface area contributed by atoms with Gasteiger partial charge in [-0.25, -0.2) is 0 Å². The summed E-state index contributed by atoms with van der Waals surface area (Å²) in [5.41, 5.74) is 6.82. The Morgan fingerprint density at radius 2 is 2.06 bits per heavy atom. The summed E-state index contributed by atoms with van der Waals surface area (Å²) in [4.78, 5) is 10.0. The number of non-ortho nitro benzene ring substituents is 1. The molecule has 0 saturated heterocycles. The van der Waals surface area contributed by atoms with Gasteiger partial charge in [-0.3, -0.25) is 10.1 Å². The monoisotopic (exact) mass is 219 g/mol. The summed E-state index contributed by atoms with van der Waals surface area (Å²) in [5.74, 6) is 0.551. The van der Waals surface area contributed by atoms with Gasteiger partial charge in [0, 0.05) is 30.3 Å². The second-order valence-electron chi connectivity index (χ2n) is 3.19. The van der Waals surface area contributed by atoms with E-state index in [-0.39, 0.29) is 5.69 Å². The lowest BCUT2D eigenvalue weighted by molar-refractivity contribution is -0.384. The van der Waals surface area contributed by atoms with Crippen molar-refractivity contribution in [3.05, 3.63) is 46.1 Å². The molecule has 2 N–H and O–H groups in total. The summed E-state index contributed by atoms with van der Waals surface area (Å²) in [6, 6.07) is 7.76. The third-order valence-corrected chi connectivity index (χ3v) is 2.13. The van der Waals surface area contributed by atoms with Gasteiger partial charge in [-0.2, -0.15) is 0 Å². The number of nitro groups is 1. The summed E-state index contributed by atoms with van der Waals surface area (Å²) in [7, 11) is 0. The lowest BCUT2D eigenvalue weighted by atomic mass is 10.1. The van der Waals surface area contributed by atoms with Gasteiger partial charge in [0.1, 0.15) is 0 Å². The first-order valence-corrected chi connectivity index (χ1v) is 4.61. The van der Waals surface area contributed by atoms with Gasteiger partial charge in [0.05, 0.1) is 10.6 Å². The van der Waals surface area contributed by atoms with E-state index in [0.717, 1.165) is 5.56 Å². The summed E-state index contributed by atoms with van der Waals surface area (Å²) in [5, 5.41) is 14.2. The van der Waals surface area contributed by atoms with Gasteiger partial charge in [0.15, 0.2) is 5.76 Å². The van der Waals surface area contributed by atoms with Crippen molar-refractivity contribution in [1.29, 1.82) is 0 Å². The van der Waals surface area contributed by atoms with Crippen molar-refractivity contribution in [3.8, 4) is 11.3 Å². The summed E-state index contributed by atoms with van der Waals surface area (Å²) < 4.78 is 5.04. The van der Waals surface area contributed by atoms with Crippen molar-refractivity contribution in [3.63, 3.8) is 0 Å². The SMILES string of the molecule is NCc1cc(-c2ccc([N+](=O)[O-])cc2)on1. The minimum Gasteiger partial charge on any atom is -0.356 e. The molecule has 0 radical (unpaired) electrons. The maximum Gasteiger partial charge on any atom is 0.269 e. The first-order valence-electron chi connectivity index (χ1n) is 4.61. The van der Waals surface area contributed by atoms with E-state index in [4.69, 9.17) is 10.3 Å². The molecule has 1 aromatic carbocycles. The van der Waals surface area contributed by atoms with Crippen LogP contribution >= 0.6 is 0 Å². The zero-order valence-electron chi connectivity index (χ0n) is 8.29. The second kappa shape index (κ2) is 4.11. The van der Waals surface area contributed by atoms with Gasteiger partial charge < -0.3 is 10.3 Å². The van der Waals surface area contributed by atoms with Crippen LogP contribution in [0.15, 0.2) is 34.9 Å². The van der Waals surface area contributed by atoms with Gasteiger partial charge in [-0.15, -0.1) is 0 Å². The fourth-order valence-electron chi connectivity index (χ4n) is 1.29. The molecule has 1 heterocycles. The van der Waals surface area contributed by atoms with Crippen LogP contribution in [0.4, 0.5) is 5.69 Å². The Kier molecular flexibility index (Phi) is 2.65. The van der Waals surface area contributed by atoms with Crippen LogP contribution in [0.25, 0.3) is 11.3 Å². The lowest BCUT2D eigenvalue weighted by Gasteiger charge is -1.94. The molecule has 82 valence electrons. The molecule has 0 atom stereocenters. The summed E-state index contributed by atoms with van der Waals surface area (Å²) in [6.07, 6.45) is 0. The fourth-order valence-corrected chi connectivity index (χ4v) is 1.29. The predicted molar refractivity (Wildman–Crippen MR) is 56.5 cm³/mol. The van der Waals surface area contributed by atoms with Crippen molar-refractivity contribution in [1.82, 2.24) is 5.16 Å². The number of nitrogens with zero attached hydrogens (tertiary/aromatic N) is 2. The van der Waals surface area contributed by atoms with E-state index in [2.05, 4.69) is 5.16 Å². The Morgan fingerprint density at radius 1 is 1.38 bits per heavy atom. The minimum atomic E-state index is -0.449. The minimum absolute atomic E-state index is 0.0438. The maximum atomic E-state index is 10.5. The molecule has 2 aromatic rings. The van der Waals surface area contributed by atoms with E-state index in [9.17, 15) is 10.1 Å². The van der Waals surface area contributed by atoms with Gasteiger partial charge in [-0.1, -0.05) is 5.16 Å². The van der Waals surface area contributed by atoms with Crippen LogP contribution in [0.2, 0.25) is 0 Å². The highest BCUT2D eigenvalue weighted by molar-refractivity contribution is 5.59. The fraction of sp³-hybridized carbons (Fsp3) is 0.100. The number of nitrogens with two attached hydrogens (primary N) is 1. The van der Waals surface area contributed by atoms with Crippen LogP contribution in [0.1, 0.15) is 5.69 Å². The van der Waals surface area contributed by atoms with E-state index in [1.165, 1.54) is 12.1 Å². The Bertz CT molecular complexity index is 504. The highest BCUT2D eigenvalue weighted by Gasteiger charge is 2.08. The third kappa shape index (κ3) is 1.91. The van der Waals surface area contributed by atoms with Crippen molar-refractivity contribution in [2.75, 3.05) is 0 Å². The first kappa shape index (κ1) is 10.3. The van der Waals surface area contributed by atoms with Gasteiger partial charge in [0.25, 0.3) is 5.69 Å². The van der Waals surface area contributed by atoms with Gasteiger partial charge in [-0.05, 0) is 12.1 Å². The highest BCUT2D eigenvalue weighted by Crippen LogP contribution is 2.22. The van der Waals surface area contributed by atoms with Gasteiger partial charge >= 0.3 is 0 Å². The van der Waals surface area contributed by atoms with Crippen molar-refractivity contribution < 1.29 is 9.45 Å². The molecule has 0 spiro atoms. The molecule has 0 bridgehead atoms. The van der Waals surface area contributed by atoms with Crippen molar-refractivity contribution in [2.45, 2.75) is 6.54 Å². The average Bonchev–Trinajstić information content (AvgIpc) is 2.77. The molecule has 6 nitrogen and oxygen atoms in total. The Hall–Kier alpha value is -2.21.